The first-order valence-electron chi connectivity index (χ1n) is 10.4. The number of hydrogen-bond donors (Lipinski definition) is 2. The second-order valence-corrected chi connectivity index (χ2v) is 8.73. The van der Waals surface area contributed by atoms with E-state index in [0.29, 0.717) is 23.7 Å². The summed E-state index contributed by atoms with van der Waals surface area (Å²) in [5.74, 6) is 1.66. The third kappa shape index (κ3) is 5.68. The van der Waals surface area contributed by atoms with Crippen molar-refractivity contribution in [1.82, 2.24) is 24.8 Å². The zero-order valence-electron chi connectivity index (χ0n) is 18.7. The predicted molar refractivity (Wildman–Crippen MR) is 133 cm³/mol. The number of likely N-dealkylation sites (N-methyl/N-ethyl adjacent to an activating group) is 1. The van der Waals surface area contributed by atoms with Crippen molar-refractivity contribution >= 4 is 44.5 Å². The number of aromatic nitrogens is 3. The lowest BCUT2D eigenvalue weighted by Gasteiger charge is -2.11. The molecule has 9 heteroatoms. The maximum absolute atomic E-state index is 12.3. The molecule has 170 valence electrons. The van der Waals surface area contributed by atoms with Crippen molar-refractivity contribution in [2.24, 2.45) is 7.05 Å². The topological polar surface area (TPSA) is 84.3 Å². The highest BCUT2D eigenvalue weighted by Gasteiger charge is 2.12. The van der Waals surface area contributed by atoms with Crippen LogP contribution in [0.15, 0.2) is 65.3 Å². The number of rotatable bonds is 8. The molecule has 0 aliphatic carbocycles. The molecule has 0 aliphatic rings. The number of aryl methyl sites for hydroxylation is 1. The zero-order valence-corrected chi connectivity index (χ0v) is 20.3. The third-order valence-electron chi connectivity index (χ3n) is 5.00. The van der Waals surface area contributed by atoms with Crippen LogP contribution in [0.25, 0.3) is 11.0 Å². The molecule has 0 saturated carbocycles. The fourth-order valence-corrected chi connectivity index (χ4v) is 3.50. The average Bonchev–Trinajstić information content (AvgIpc) is 3.09. The smallest absolute Gasteiger partial charge is 0.270 e. The van der Waals surface area contributed by atoms with Crippen LogP contribution in [-0.4, -0.2) is 52.5 Å². The molecule has 0 fully saturated rings. The van der Waals surface area contributed by atoms with Gasteiger partial charge in [0.05, 0.1) is 11.0 Å². The van der Waals surface area contributed by atoms with Gasteiger partial charge in [0.25, 0.3) is 5.91 Å². The van der Waals surface area contributed by atoms with E-state index in [4.69, 9.17) is 9.72 Å². The van der Waals surface area contributed by atoms with Crippen LogP contribution in [-0.2, 0) is 7.05 Å². The summed E-state index contributed by atoms with van der Waals surface area (Å²) in [6.07, 6.45) is 1.57. The summed E-state index contributed by atoms with van der Waals surface area (Å²) in [6, 6.07) is 17.0. The van der Waals surface area contributed by atoms with E-state index in [-0.39, 0.29) is 5.91 Å². The first-order chi connectivity index (χ1) is 15.9. The molecule has 2 aromatic heterocycles. The molecule has 0 bridgehead atoms. The summed E-state index contributed by atoms with van der Waals surface area (Å²) < 4.78 is 9.01. The first kappa shape index (κ1) is 22.8. The van der Waals surface area contributed by atoms with Gasteiger partial charge in [-0.25, -0.2) is 4.98 Å². The predicted octanol–water partition coefficient (Wildman–Crippen LogP) is 4.56. The standard InChI is InChI=1S/C24H25BrN6O2/c1-30(2)13-12-27-23(32)21-15-19(10-11-26-21)33-18-8-9-22-20(14-18)29-24(31(22)3)28-17-6-4-16(25)5-7-17/h4-11,14-15H,12-13H2,1-3H3,(H,27,32)(H,28,29). The van der Waals surface area contributed by atoms with Gasteiger partial charge >= 0.3 is 0 Å². The highest BCUT2D eigenvalue weighted by Crippen LogP contribution is 2.28. The highest BCUT2D eigenvalue weighted by atomic mass is 79.9. The number of carbonyl (C=O) groups excluding carboxylic acids is 1. The number of fused-ring (bicyclic) bond motifs is 1. The van der Waals surface area contributed by atoms with Crippen molar-refractivity contribution in [1.29, 1.82) is 0 Å². The van der Waals surface area contributed by atoms with Crippen molar-refractivity contribution in [3.63, 3.8) is 0 Å². The van der Waals surface area contributed by atoms with Crippen LogP contribution in [0.5, 0.6) is 11.5 Å². The number of nitrogens with one attached hydrogen (secondary N) is 2. The largest absolute Gasteiger partial charge is 0.457 e. The summed E-state index contributed by atoms with van der Waals surface area (Å²) >= 11 is 3.45. The van der Waals surface area contributed by atoms with E-state index in [9.17, 15) is 4.79 Å². The minimum Gasteiger partial charge on any atom is -0.457 e. The molecule has 4 aromatic rings. The molecule has 0 unspecified atom stereocenters. The molecule has 0 spiro atoms. The van der Waals surface area contributed by atoms with E-state index in [0.717, 1.165) is 33.7 Å². The van der Waals surface area contributed by atoms with Gasteiger partial charge in [0.15, 0.2) is 0 Å². The van der Waals surface area contributed by atoms with Gasteiger partial charge in [0.2, 0.25) is 5.95 Å². The Hall–Kier alpha value is -3.43. The molecular formula is C24H25BrN6O2. The minimum absolute atomic E-state index is 0.230. The zero-order chi connectivity index (χ0) is 23.4. The van der Waals surface area contributed by atoms with Crippen molar-refractivity contribution in [3.8, 4) is 11.5 Å². The van der Waals surface area contributed by atoms with E-state index in [1.165, 1.54) is 0 Å². The Kier molecular flexibility index (Phi) is 6.90. The Morgan fingerprint density at radius 2 is 1.85 bits per heavy atom. The van der Waals surface area contributed by atoms with Crippen LogP contribution in [0, 0.1) is 0 Å². The van der Waals surface area contributed by atoms with Gasteiger partial charge in [-0.1, -0.05) is 15.9 Å². The van der Waals surface area contributed by atoms with Crippen LogP contribution in [0.1, 0.15) is 10.5 Å². The van der Waals surface area contributed by atoms with E-state index in [2.05, 4.69) is 31.5 Å². The lowest BCUT2D eigenvalue weighted by molar-refractivity contribution is 0.0945. The van der Waals surface area contributed by atoms with Gasteiger partial charge in [0, 0.05) is 48.6 Å². The summed E-state index contributed by atoms with van der Waals surface area (Å²) in [4.78, 5) is 23.2. The number of amides is 1. The van der Waals surface area contributed by atoms with Gasteiger partial charge in [0.1, 0.15) is 17.2 Å². The fraction of sp³-hybridized carbons (Fsp3) is 0.208. The fourth-order valence-electron chi connectivity index (χ4n) is 3.24. The van der Waals surface area contributed by atoms with E-state index >= 15 is 0 Å². The number of ether oxygens (including phenoxy) is 1. The molecule has 4 rings (SSSR count). The summed E-state index contributed by atoms with van der Waals surface area (Å²) in [7, 11) is 5.87. The van der Waals surface area contributed by atoms with E-state index in [1.807, 2.05) is 73.1 Å². The maximum atomic E-state index is 12.3. The Balaban J connectivity index is 1.49. The molecule has 0 atom stereocenters. The number of hydrogen-bond acceptors (Lipinski definition) is 6. The van der Waals surface area contributed by atoms with Gasteiger partial charge < -0.3 is 24.8 Å². The van der Waals surface area contributed by atoms with Crippen LogP contribution in [0.3, 0.4) is 0 Å². The Labute approximate surface area is 200 Å². The Morgan fingerprint density at radius 3 is 2.61 bits per heavy atom. The van der Waals surface area contributed by atoms with Crippen LogP contribution >= 0.6 is 15.9 Å². The second-order valence-electron chi connectivity index (χ2n) is 7.81. The average molecular weight is 509 g/mol. The molecule has 8 nitrogen and oxygen atoms in total. The lowest BCUT2D eigenvalue weighted by Crippen LogP contribution is -2.31. The third-order valence-corrected chi connectivity index (χ3v) is 5.53. The monoisotopic (exact) mass is 508 g/mol. The van der Waals surface area contributed by atoms with E-state index in [1.54, 1.807) is 18.3 Å². The normalized spacial score (nSPS) is 11.1. The van der Waals surface area contributed by atoms with Crippen molar-refractivity contribution in [2.45, 2.75) is 0 Å². The molecule has 33 heavy (non-hydrogen) atoms. The molecule has 2 aromatic carbocycles. The molecular weight excluding hydrogens is 484 g/mol. The number of pyridine rings is 1. The summed E-state index contributed by atoms with van der Waals surface area (Å²) in [6.45, 7) is 1.30. The van der Waals surface area contributed by atoms with Crippen LogP contribution in [0.2, 0.25) is 0 Å². The van der Waals surface area contributed by atoms with Crippen molar-refractivity contribution in [2.75, 3.05) is 32.5 Å². The first-order valence-corrected chi connectivity index (χ1v) is 11.2. The van der Waals surface area contributed by atoms with Gasteiger partial charge in [-0.2, -0.15) is 0 Å². The molecule has 2 N–H and O–H groups in total. The van der Waals surface area contributed by atoms with E-state index < -0.39 is 0 Å². The number of anilines is 2. The summed E-state index contributed by atoms with van der Waals surface area (Å²) in [5.41, 5.74) is 3.02. The van der Waals surface area contributed by atoms with Crippen LogP contribution in [0.4, 0.5) is 11.6 Å². The Morgan fingerprint density at radius 1 is 1.09 bits per heavy atom. The Bertz CT molecular complexity index is 1270. The molecule has 2 heterocycles. The van der Waals surface area contributed by atoms with Crippen molar-refractivity contribution < 1.29 is 9.53 Å². The molecule has 0 aliphatic heterocycles. The lowest BCUT2D eigenvalue weighted by atomic mass is 10.3. The second kappa shape index (κ2) is 10.0. The molecule has 0 radical (unpaired) electrons. The SMILES string of the molecule is CN(C)CCNC(=O)c1cc(Oc2ccc3c(c2)nc(Nc2ccc(Br)cc2)n3C)ccn1. The number of carbonyl (C=O) groups is 1. The minimum atomic E-state index is -0.230. The maximum Gasteiger partial charge on any atom is 0.270 e. The highest BCUT2D eigenvalue weighted by molar-refractivity contribution is 9.10. The molecule has 0 saturated heterocycles. The number of halogens is 1. The quantitative estimate of drug-likeness (QED) is 0.363. The van der Waals surface area contributed by atoms with Crippen LogP contribution < -0.4 is 15.4 Å². The van der Waals surface area contributed by atoms with Gasteiger partial charge in [-0.3, -0.25) is 9.78 Å². The summed E-state index contributed by atoms with van der Waals surface area (Å²) in [5, 5.41) is 6.19. The van der Waals surface area contributed by atoms with Gasteiger partial charge in [-0.15, -0.1) is 0 Å². The number of nitrogens with zero attached hydrogens (tertiary/aromatic N) is 4. The van der Waals surface area contributed by atoms with Crippen molar-refractivity contribution in [3.05, 3.63) is 71.0 Å². The number of imidazole rings is 1. The molecule has 1 amide bonds. The number of benzene rings is 2. The van der Waals surface area contributed by atoms with Gasteiger partial charge in [-0.05, 0) is 56.6 Å².